The molecule has 6 heteroatoms. The summed E-state index contributed by atoms with van der Waals surface area (Å²) >= 11 is 5.85. The Hall–Kier alpha value is -2.40. The van der Waals surface area contributed by atoms with Crippen LogP contribution in [0.15, 0.2) is 42.5 Å². The van der Waals surface area contributed by atoms with E-state index in [1.807, 2.05) is 24.3 Å². The van der Waals surface area contributed by atoms with Crippen LogP contribution >= 0.6 is 11.6 Å². The fraction of sp³-hybridized carbons (Fsp3) is 0.300. The van der Waals surface area contributed by atoms with Crippen LogP contribution in [0.4, 0.5) is 10.1 Å². The van der Waals surface area contributed by atoms with Gasteiger partial charge in [-0.05, 0) is 49.1 Å². The standard InChI is InChI=1S/C20H21ClFNO3/c1-4-12(2)15-7-5-6-8-18(15)23-19(24)13(3)26-20(25)16-10-9-14(22)11-17(16)21/h5-13H,4H2,1-3H3,(H,23,24)/t12-,13-/m0/s1. The van der Waals surface area contributed by atoms with Crippen molar-refractivity contribution < 1.29 is 18.7 Å². The number of carbonyl (C=O) groups excluding carboxylic acids is 2. The molecular formula is C20H21ClFNO3. The highest BCUT2D eigenvalue weighted by Crippen LogP contribution is 2.26. The number of halogens is 2. The second kappa shape index (κ2) is 8.81. The van der Waals surface area contributed by atoms with E-state index in [0.29, 0.717) is 5.69 Å². The first kappa shape index (κ1) is 19.9. The van der Waals surface area contributed by atoms with Gasteiger partial charge >= 0.3 is 5.97 Å². The quantitative estimate of drug-likeness (QED) is 0.706. The maximum atomic E-state index is 13.1. The molecule has 0 heterocycles. The number of anilines is 1. The lowest BCUT2D eigenvalue weighted by Crippen LogP contribution is -2.30. The third kappa shape index (κ3) is 4.82. The summed E-state index contributed by atoms with van der Waals surface area (Å²) in [5.74, 6) is -1.51. The van der Waals surface area contributed by atoms with Gasteiger partial charge in [0, 0.05) is 5.69 Å². The Balaban J connectivity index is 2.07. The molecule has 1 N–H and O–H groups in total. The zero-order chi connectivity index (χ0) is 19.3. The summed E-state index contributed by atoms with van der Waals surface area (Å²) in [7, 11) is 0. The molecule has 0 aliphatic rings. The predicted octanol–water partition coefficient (Wildman–Crippen LogP) is 5.18. The molecule has 26 heavy (non-hydrogen) atoms. The van der Waals surface area contributed by atoms with Crippen LogP contribution in [0.2, 0.25) is 5.02 Å². The maximum Gasteiger partial charge on any atom is 0.340 e. The van der Waals surface area contributed by atoms with E-state index in [4.69, 9.17) is 16.3 Å². The SMILES string of the molecule is CC[C@H](C)c1ccccc1NC(=O)[C@H](C)OC(=O)c1ccc(F)cc1Cl. The van der Waals surface area contributed by atoms with Crippen molar-refractivity contribution in [2.24, 2.45) is 0 Å². The largest absolute Gasteiger partial charge is 0.449 e. The third-order valence-electron chi connectivity index (χ3n) is 4.17. The average molecular weight is 378 g/mol. The van der Waals surface area contributed by atoms with Gasteiger partial charge in [0.2, 0.25) is 0 Å². The minimum absolute atomic E-state index is 0.00715. The number of amides is 1. The van der Waals surface area contributed by atoms with Gasteiger partial charge in [-0.15, -0.1) is 0 Å². The smallest absolute Gasteiger partial charge is 0.340 e. The van der Waals surface area contributed by atoms with Gasteiger partial charge < -0.3 is 10.1 Å². The molecule has 0 fully saturated rings. The molecule has 0 unspecified atom stereocenters. The van der Waals surface area contributed by atoms with E-state index in [2.05, 4.69) is 19.2 Å². The number of carbonyl (C=O) groups is 2. The van der Waals surface area contributed by atoms with E-state index in [0.717, 1.165) is 24.1 Å². The maximum absolute atomic E-state index is 13.1. The van der Waals surface area contributed by atoms with E-state index in [9.17, 15) is 14.0 Å². The van der Waals surface area contributed by atoms with E-state index in [1.54, 1.807) is 0 Å². The summed E-state index contributed by atoms with van der Waals surface area (Å²) in [5, 5.41) is 2.73. The molecule has 2 rings (SSSR count). The van der Waals surface area contributed by atoms with Gasteiger partial charge in [-0.3, -0.25) is 4.79 Å². The van der Waals surface area contributed by atoms with Gasteiger partial charge in [-0.2, -0.15) is 0 Å². The number of nitrogens with one attached hydrogen (secondary N) is 1. The first-order valence-electron chi connectivity index (χ1n) is 8.39. The van der Waals surface area contributed by atoms with Crippen LogP contribution in [-0.2, 0) is 9.53 Å². The normalized spacial score (nSPS) is 13.0. The second-order valence-corrected chi connectivity index (χ2v) is 6.46. The van der Waals surface area contributed by atoms with Crippen LogP contribution in [0, 0.1) is 5.82 Å². The molecule has 0 aliphatic carbocycles. The third-order valence-corrected chi connectivity index (χ3v) is 4.48. The van der Waals surface area contributed by atoms with Crippen LogP contribution in [-0.4, -0.2) is 18.0 Å². The Morgan fingerprint density at radius 3 is 2.54 bits per heavy atom. The van der Waals surface area contributed by atoms with Crippen molar-refractivity contribution in [2.75, 3.05) is 5.32 Å². The number of benzene rings is 2. The summed E-state index contributed by atoms with van der Waals surface area (Å²) in [5.41, 5.74) is 1.71. The van der Waals surface area contributed by atoms with Gasteiger partial charge in [0.1, 0.15) is 5.82 Å². The van der Waals surface area contributed by atoms with Gasteiger partial charge in [-0.25, -0.2) is 9.18 Å². The summed E-state index contributed by atoms with van der Waals surface area (Å²) in [6.07, 6.45) is -0.103. The number of ether oxygens (including phenoxy) is 1. The minimum atomic E-state index is -1.03. The lowest BCUT2D eigenvalue weighted by atomic mass is 9.97. The number of esters is 1. The monoisotopic (exact) mass is 377 g/mol. The molecule has 4 nitrogen and oxygen atoms in total. The lowest BCUT2D eigenvalue weighted by Gasteiger charge is -2.18. The van der Waals surface area contributed by atoms with Crippen LogP contribution in [0.25, 0.3) is 0 Å². The van der Waals surface area contributed by atoms with E-state index in [1.165, 1.54) is 13.0 Å². The molecule has 2 aromatic rings. The van der Waals surface area contributed by atoms with Crippen molar-refractivity contribution in [3.63, 3.8) is 0 Å². The lowest BCUT2D eigenvalue weighted by molar-refractivity contribution is -0.123. The van der Waals surface area contributed by atoms with E-state index >= 15 is 0 Å². The van der Waals surface area contributed by atoms with Gasteiger partial charge in [-0.1, -0.05) is 43.6 Å². The Kier molecular flexibility index (Phi) is 6.75. The topological polar surface area (TPSA) is 55.4 Å². The number of hydrogen-bond acceptors (Lipinski definition) is 3. The minimum Gasteiger partial charge on any atom is -0.449 e. The fourth-order valence-electron chi connectivity index (χ4n) is 2.43. The van der Waals surface area contributed by atoms with Crippen LogP contribution < -0.4 is 5.32 Å². The molecule has 138 valence electrons. The van der Waals surface area contributed by atoms with E-state index < -0.39 is 23.8 Å². The van der Waals surface area contributed by atoms with Crippen molar-refractivity contribution in [1.82, 2.24) is 0 Å². The second-order valence-electron chi connectivity index (χ2n) is 6.06. The van der Waals surface area contributed by atoms with Gasteiger partial charge in [0.05, 0.1) is 10.6 Å². The molecule has 0 radical (unpaired) electrons. The molecular weight excluding hydrogens is 357 g/mol. The molecule has 0 spiro atoms. The first-order chi connectivity index (χ1) is 12.3. The van der Waals surface area contributed by atoms with Crippen LogP contribution in [0.5, 0.6) is 0 Å². The Morgan fingerprint density at radius 1 is 1.19 bits per heavy atom. The molecule has 2 atom stereocenters. The highest BCUT2D eigenvalue weighted by Gasteiger charge is 2.22. The number of rotatable bonds is 6. The van der Waals surface area contributed by atoms with Gasteiger partial charge in [0.25, 0.3) is 5.91 Å². The molecule has 1 amide bonds. The molecule has 0 aliphatic heterocycles. The highest BCUT2D eigenvalue weighted by atomic mass is 35.5. The van der Waals surface area contributed by atoms with Crippen molar-refractivity contribution in [2.45, 2.75) is 39.2 Å². The van der Waals surface area contributed by atoms with Crippen LogP contribution in [0.3, 0.4) is 0 Å². The molecule has 2 aromatic carbocycles. The van der Waals surface area contributed by atoms with Crippen molar-refractivity contribution >= 4 is 29.2 Å². The van der Waals surface area contributed by atoms with E-state index in [-0.39, 0.29) is 16.5 Å². The first-order valence-corrected chi connectivity index (χ1v) is 8.77. The number of hydrogen-bond donors (Lipinski definition) is 1. The summed E-state index contributed by atoms with van der Waals surface area (Å²) in [6, 6.07) is 10.9. The van der Waals surface area contributed by atoms with Crippen LogP contribution in [0.1, 0.15) is 49.0 Å². The summed E-state index contributed by atoms with van der Waals surface area (Å²) < 4.78 is 18.2. The zero-order valence-electron chi connectivity index (χ0n) is 14.9. The van der Waals surface area contributed by atoms with Crippen molar-refractivity contribution in [3.8, 4) is 0 Å². The highest BCUT2D eigenvalue weighted by molar-refractivity contribution is 6.33. The Morgan fingerprint density at radius 2 is 1.88 bits per heavy atom. The predicted molar refractivity (Wildman–Crippen MR) is 100 cm³/mol. The summed E-state index contributed by atoms with van der Waals surface area (Å²) in [6.45, 7) is 5.61. The summed E-state index contributed by atoms with van der Waals surface area (Å²) in [4.78, 5) is 24.6. The Bertz CT molecular complexity index is 809. The number of para-hydroxylation sites is 1. The van der Waals surface area contributed by atoms with Crippen molar-refractivity contribution in [1.29, 1.82) is 0 Å². The fourth-order valence-corrected chi connectivity index (χ4v) is 2.67. The molecule has 0 saturated carbocycles. The molecule has 0 aromatic heterocycles. The zero-order valence-corrected chi connectivity index (χ0v) is 15.6. The molecule has 0 bridgehead atoms. The molecule has 0 saturated heterocycles. The average Bonchev–Trinajstić information content (AvgIpc) is 2.61. The Labute approximate surface area is 157 Å². The van der Waals surface area contributed by atoms with Gasteiger partial charge in [0.15, 0.2) is 6.10 Å². The van der Waals surface area contributed by atoms with Crippen molar-refractivity contribution in [3.05, 3.63) is 64.4 Å².